The van der Waals surface area contributed by atoms with Gasteiger partial charge in [0.15, 0.2) is 6.61 Å². The molecule has 27 heavy (non-hydrogen) atoms. The highest BCUT2D eigenvalue weighted by atomic mass is 19.4. The molecule has 11 heteroatoms. The van der Waals surface area contributed by atoms with Gasteiger partial charge >= 0.3 is 12.1 Å². The van der Waals surface area contributed by atoms with Crippen molar-refractivity contribution in [1.82, 2.24) is 5.32 Å². The summed E-state index contributed by atoms with van der Waals surface area (Å²) in [6.07, 6.45) is -3.97. The number of anilines is 1. The summed E-state index contributed by atoms with van der Waals surface area (Å²) in [4.78, 5) is 33.0. The molecular formula is C16H20F3N3O5. The number of esters is 1. The number of ether oxygens (including phenoxy) is 1. The molecule has 1 aromatic carbocycles. The van der Waals surface area contributed by atoms with Crippen LogP contribution in [0.4, 0.5) is 24.5 Å². The molecule has 0 spiro atoms. The number of carbonyl (C=O) groups excluding carboxylic acids is 2. The zero-order chi connectivity index (χ0) is 20.6. The highest BCUT2D eigenvalue weighted by molar-refractivity contribution is 5.82. The molecule has 8 nitrogen and oxygen atoms in total. The number of halogens is 3. The van der Waals surface area contributed by atoms with Crippen molar-refractivity contribution in [2.45, 2.75) is 26.4 Å². The number of alkyl halides is 3. The Labute approximate surface area is 153 Å². The third-order valence-corrected chi connectivity index (χ3v) is 3.35. The highest BCUT2D eigenvalue weighted by Gasteiger charge is 2.33. The number of benzene rings is 1. The molecule has 0 aromatic heterocycles. The van der Waals surface area contributed by atoms with Crippen molar-refractivity contribution >= 4 is 23.3 Å². The number of nitro benzene ring substituents is 1. The van der Waals surface area contributed by atoms with Gasteiger partial charge in [-0.1, -0.05) is 13.8 Å². The molecule has 1 aromatic rings. The van der Waals surface area contributed by atoms with E-state index in [1.54, 1.807) is 0 Å². The molecule has 0 radical (unpaired) electrons. The Hall–Kier alpha value is -2.85. The summed E-state index contributed by atoms with van der Waals surface area (Å²) in [6, 6.07) is 1.88. The minimum absolute atomic E-state index is 0.272. The van der Waals surface area contributed by atoms with Crippen molar-refractivity contribution in [3.05, 3.63) is 33.9 Å². The van der Waals surface area contributed by atoms with Gasteiger partial charge < -0.3 is 15.4 Å². The largest absolute Gasteiger partial charge is 0.454 e. The first-order valence-electron chi connectivity index (χ1n) is 8.02. The number of hydrogen-bond acceptors (Lipinski definition) is 6. The van der Waals surface area contributed by atoms with E-state index in [-0.39, 0.29) is 5.69 Å². The van der Waals surface area contributed by atoms with Crippen LogP contribution in [0.5, 0.6) is 0 Å². The number of nitrogens with zero attached hydrogens (tertiary/aromatic N) is 1. The predicted octanol–water partition coefficient (Wildman–Crippen LogP) is 2.73. The van der Waals surface area contributed by atoms with Crippen LogP contribution < -0.4 is 10.6 Å². The van der Waals surface area contributed by atoms with Crippen LogP contribution in [0.25, 0.3) is 0 Å². The Morgan fingerprint density at radius 1 is 1.30 bits per heavy atom. The predicted molar refractivity (Wildman–Crippen MR) is 90.0 cm³/mol. The van der Waals surface area contributed by atoms with Gasteiger partial charge in [-0.2, -0.15) is 13.2 Å². The van der Waals surface area contributed by atoms with Crippen LogP contribution in [0.3, 0.4) is 0 Å². The van der Waals surface area contributed by atoms with Crippen molar-refractivity contribution < 1.29 is 32.4 Å². The van der Waals surface area contributed by atoms with Crippen molar-refractivity contribution in [1.29, 1.82) is 0 Å². The van der Waals surface area contributed by atoms with E-state index in [0.717, 1.165) is 12.5 Å². The Morgan fingerprint density at radius 2 is 1.96 bits per heavy atom. The first-order valence-corrected chi connectivity index (χ1v) is 8.02. The summed E-state index contributed by atoms with van der Waals surface area (Å²) < 4.78 is 42.6. The average molecular weight is 391 g/mol. The van der Waals surface area contributed by atoms with Gasteiger partial charge in [0.1, 0.15) is 12.2 Å². The van der Waals surface area contributed by atoms with Crippen molar-refractivity contribution in [2.24, 2.45) is 5.92 Å². The van der Waals surface area contributed by atoms with Crippen molar-refractivity contribution in [3.8, 4) is 0 Å². The van der Waals surface area contributed by atoms with Crippen LogP contribution >= 0.6 is 0 Å². The maximum Gasteiger partial charge on any atom is 0.416 e. The van der Waals surface area contributed by atoms with Gasteiger partial charge in [-0.25, -0.2) is 0 Å². The summed E-state index contributed by atoms with van der Waals surface area (Å²) in [6.45, 7) is 3.33. The Bertz CT molecular complexity index is 692. The molecule has 0 fully saturated rings. The van der Waals surface area contributed by atoms with E-state index in [4.69, 9.17) is 4.74 Å². The lowest BCUT2D eigenvalue weighted by molar-refractivity contribution is -0.384. The summed E-state index contributed by atoms with van der Waals surface area (Å²) in [7, 11) is 0. The summed E-state index contributed by atoms with van der Waals surface area (Å²) in [5, 5.41) is 15.8. The number of nitro groups is 1. The summed E-state index contributed by atoms with van der Waals surface area (Å²) in [5.74, 6) is -0.982. The summed E-state index contributed by atoms with van der Waals surface area (Å²) in [5.41, 5.74) is -2.28. The van der Waals surface area contributed by atoms with Gasteiger partial charge in [0, 0.05) is 12.6 Å². The maximum atomic E-state index is 12.6. The Morgan fingerprint density at radius 3 is 2.52 bits per heavy atom. The number of hydrogen-bond donors (Lipinski definition) is 2. The molecule has 0 atom stereocenters. The maximum absolute atomic E-state index is 12.6. The van der Waals surface area contributed by atoms with Gasteiger partial charge in [-0.15, -0.1) is 0 Å². The first-order chi connectivity index (χ1) is 12.5. The fourth-order valence-electron chi connectivity index (χ4n) is 1.92. The standard InChI is InChI=1S/C16H20F3N3O5/c1-10(2)5-6-20-14(23)9-27-15(24)8-21-12-4-3-11(16(17,18)19)7-13(12)22(25)26/h3-4,7,10,21H,5-6,8-9H2,1-2H3,(H,20,23). The minimum Gasteiger partial charge on any atom is -0.454 e. The molecule has 2 N–H and O–H groups in total. The molecule has 0 unspecified atom stereocenters. The van der Waals surface area contributed by atoms with Crippen molar-refractivity contribution in [3.63, 3.8) is 0 Å². The molecule has 0 aliphatic heterocycles. The first kappa shape index (κ1) is 22.2. The molecule has 150 valence electrons. The lowest BCUT2D eigenvalue weighted by Crippen LogP contribution is -2.31. The van der Waals surface area contributed by atoms with Gasteiger partial charge in [0.25, 0.3) is 11.6 Å². The number of amides is 1. The molecule has 0 saturated heterocycles. The lowest BCUT2D eigenvalue weighted by atomic mass is 10.1. The van der Waals surface area contributed by atoms with Crippen LogP contribution in [-0.2, 0) is 20.5 Å². The molecule has 0 bridgehead atoms. The minimum atomic E-state index is -4.73. The topological polar surface area (TPSA) is 111 Å². The second-order valence-corrected chi connectivity index (χ2v) is 6.03. The lowest BCUT2D eigenvalue weighted by Gasteiger charge is -2.11. The van der Waals surface area contributed by atoms with Gasteiger partial charge in [0.2, 0.25) is 0 Å². The molecule has 0 aliphatic carbocycles. The Kier molecular flexibility index (Phi) is 8.00. The quantitative estimate of drug-likeness (QED) is 0.380. The number of rotatable bonds is 9. The van der Waals surface area contributed by atoms with Crippen molar-refractivity contribution in [2.75, 3.05) is 25.0 Å². The fourth-order valence-corrected chi connectivity index (χ4v) is 1.92. The van der Waals surface area contributed by atoms with Crippen LogP contribution in [-0.4, -0.2) is 36.5 Å². The van der Waals surface area contributed by atoms with Gasteiger partial charge in [0.05, 0.1) is 10.5 Å². The van der Waals surface area contributed by atoms with E-state index in [9.17, 15) is 32.9 Å². The zero-order valence-electron chi connectivity index (χ0n) is 14.8. The Balaban J connectivity index is 2.56. The van der Waals surface area contributed by atoms with E-state index in [1.165, 1.54) is 0 Å². The number of nitrogens with one attached hydrogen (secondary N) is 2. The fraction of sp³-hybridized carbons (Fsp3) is 0.500. The second kappa shape index (κ2) is 9.74. The highest BCUT2D eigenvalue weighted by Crippen LogP contribution is 2.34. The van der Waals surface area contributed by atoms with Gasteiger partial charge in [-0.3, -0.25) is 19.7 Å². The van der Waals surface area contributed by atoms with E-state index in [1.807, 2.05) is 13.8 Å². The van der Waals surface area contributed by atoms with Crippen LogP contribution in [0.15, 0.2) is 18.2 Å². The average Bonchev–Trinajstić information content (AvgIpc) is 2.56. The second-order valence-electron chi connectivity index (χ2n) is 6.03. The molecule has 1 amide bonds. The molecule has 1 rings (SSSR count). The normalized spacial score (nSPS) is 11.2. The molecule has 0 heterocycles. The van der Waals surface area contributed by atoms with E-state index in [2.05, 4.69) is 10.6 Å². The van der Waals surface area contributed by atoms with E-state index in [0.29, 0.717) is 24.6 Å². The number of carbonyl (C=O) groups is 2. The third-order valence-electron chi connectivity index (χ3n) is 3.35. The smallest absolute Gasteiger partial charge is 0.416 e. The van der Waals surface area contributed by atoms with E-state index < -0.39 is 47.4 Å². The SMILES string of the molecule is CC(C)CCNC(=O)COC(=O)CNc1ccc(C(F)(F)F)cc1[N+](=O)[O-]. The van der Waals surface area contributed by atoms with Gasteiger partial charge in [-0.05, 0) is 24.5 Å². The van der Waals surface area contributed by atoms with Crippen LogP contribution in [0, 0.1) is 16.0 Å². The van der Waals surface area contributed by atoms with Crippen LogP contribution in [0.1, 0.15) is 25.8 Å². The summed E-state index contributed by atoms with van der Waals surface area (Å²) >= 11 is 0. The molecule has 0 saturated carbocycles. The van der Waals surface area contributed by atoms with E-state index >= 15 is 0 Å². The third kappa shape index (κ3) is 7.92. The monoisotopic (exact) mass is 391 g/mol. The molecular weight excluding hydrogens is 371 g/mol. The van der Waals surface area contributed by atoms with Crippen LogP contribution in [0.2, 0.25) is 0 Å². The molecule has 0 aliphatic rings. The zero-order valence-corrected chi connectivity index (χ0v) is 14.8.